The van der Waals surface area contributed by atoms with E-state index in [0.717, 1.165) is 30.3 Å². The van der Waals surface area contributed by atoms with Crippen LogP contribution in [0.1, 0.15) is 16.7 Å². The fourth-order valence-corrected chi connectivity index (χ4v) is 6.06. The second kappa shape index (κ2) is 8.88. The third kappa shape index (κ3) is 5.10. The highest BCUT2D eigenvalue weighted by Crippen LogP contribution is 2.30. The predicted octanol–water partition coefficient (Wildman–Crippen LogP) is 4.71. The zero-order chi connectivity index (χ0) is 23.0. The molecule has 0 bridgehead atoms. The fourth-order valence-electron chi connectivity index (χ4n) is 3.21. The van der Waals surface area contributed by atoms with Crippen molar-refractivity contribution in [2.24, 2.45) is 5.14 Å². The van der Waals surface area contributed by atoms with E-state index in [2.05, 4.69) is 0 Å². The molecule has 0 radical (unpaired) electrons. The maximum absolute atomic E-state index is 13.2. The van der Waals surface area contributed by atoms with E-state index in [1.54, 1.807) is 25.1 Å². The van der Waals surface area contributed by atoms with Gasteiger partial charge in [-0.3, -0.25) is 0 Å². The van der Waals surface area contributed by atoms with Crippen molar-refractivity contribution in [2.45, 2.75) is 34.5 Å². The molecule has 0 amide bonds. The molecule has 164 valence electrons. The van der Waals surface area contributed by atoms with Gasteiger partial charge in [-0.2, -0.15) is 0 Å². The van der Waals surface area contributed by atoms with E-state index in [0.29, 0.717) is 33.2 Å². The Morgan fingerprint density at radius 3 is 2.00 bits per heavy atom. The molecule has 3 aromatic rings. The Morgan fingerprint density at radius 2 is 1.45 bits per heavy atom. The van der Waals surface area contributed by atoms with Crippen LogP contribution in [0.15, 0.2) is 69.3 Å². The lowest BCUT2D eigenvalue weighted by atomic mass is 10.0. The van der Waals surface area contributed by atoms with Crippen molar-refractivity contribution in [3.05, 3.63) is 87.2 Å². The monoisotopic (exact) mass is 501 g/mol. The molecule has 0 saturated heterocycles. The molecule has 0 heterocycles. The van der Waals surface area contributed by atoms with Gasteiger partial charge in [-0.15, -0.1) is 0 Å². The number of primary sulfonamides is 1. The highest BCUT2D eigenvalue weighted by Gasteiger charge is 2.24. The Balaban J connectivity index is 2.13. The summed E-state index contributed by atoms with van der Waals surface area (Å²) in [6.45, 7) is 1.55. The van der Waals surface area contributed by atoms with Crippen molar-refractivity contribution < 1.29 is 21.2 Å². The van der Waals surface area contributed by atoms with E-state index in [9.17, 15) is 21.2 Å². The Kier molecular flexibility index (Phi) is 6.78. The van der Waals surface area contributed by atoms with Crippen LogP contribution >= 0.6 is 23.2 Å². The van der Waals surface area contributed by atoms with Crippen LogP contribution in [0.4, 0.5) is 4.39 Å². The molecule has 31 heavy (non-hydrogen) atoms. The number of halogens is 3. The first-order valence-electron chi connectivity index (χ1n) is 9.01. The van der Waals surface area contributed by atoms with Crippen molar-refractivity contribution >= 4 is 43.1 Å². The molecule has 3 aromatic carbocycles. The first kappa shape index (κ1) is 23.7. The minimum Gasteiger partial charge on any atom is -0.225 e. The van der Waals surface area contributed by atoms with Crippen LogP contribution in [0.2, 0.25) is 10.0 Å². The third-order valence-corrected chi connectivity index (χ3v) is 8.38. The van der Waals surface area contributed by atoms with E-state index in [-0.39, 0.29) is 21.1 Å². The molecule has 0 atom stereocenters. The van der Waals surface area contributed by atoms with Gasteiger partial charge >= 0.3 is 0 Å². The van der Waals surface area contributed by atoms with Crippen molar-refractivity contribution in [1.82, 2.24) is 0 Å². The molecule has 0 fully saturated rings. The van der Waals surface area contributed by atoms with Gasteiger partial charge in [-0.25, -0.2) is 26.4 Å². The smallest absolute Gasteiger partial charge is 0.225 e. The summed E-state index contributed by atoms with van der Waals surface area (Å²) in [5, 5.41) is 6.24. The Bertz CT molecular complexity index is 1340. The van der Waals surface area contributed by atoms with Crippen LogP contribution in [0, 0.1) is 12.7 Å². The second-order valence-corrected chi connectivity index (χ2v) is 11.2. The standard InChI is InChI=1S/C21H18Cl2FNO4S2/c1-13-14(5-10-18-19(22)3-2-4-20(18)23)11-17(12-21(13)31(25,28)29)30(26,27)16-8-6-15(24)7-9-16/h2-4,6-9,11-12H,5,10H2,1H3,(H2,25,28,29). The lowest BCUT2D eigenvalue weighted by Crippen LogP contribution is -2.16. The molecule has 0 aliphatic rings. The highest BCUT2D eigenvalue weighted by molar-refractivity contribution is 7.91. The summed E-state index contributed by atoms with van der Waals surface area (Å²) >= 11 is 12.4. The largest absolute Gasteiger partial charge is 0.238 e. The number of hydrogen-bond donors (Lipinski definition) is 1. The average Bonchev–Trinajstić information content (AvgIpc) is 2.68. The number of rotatable bonds is 6. The Morgan fingerprint density at radius 1 is 0.871 bits per heavy atom. The van der Waals surface area contributed by atoms with Crippen LogP contribution in [0.5, 0.6) is 0 Å². The quantitative estimate of drug-likeness (QED) is 0.494. The van der Waals surface area contributed by atoms with E-state index in [4.69, 9.17) is 28.3 Å². The number of aryl methyl sites for hydroxylation is 1. The van der Waals surface area contributed by atoms with Gasteiger partial charge in [0.05, 0.1) is 14.7 Å². The molecule has 5 nitrogen and oxygen atoms in total. The molecule has 2 N–H and O–H groups in total. The number of benzene rings is 3. The Hall–Kier alpha value is -1.97. The molecule has 0 aliphatic heterocycles. The molecule has 3 rings (SSSR count). The van der Waals surface area contributed by atoms with Crippen molar-refractivity contribution in [3.8, 4) is 0 Å². The summed E-state index contributed by atoms with van der Waals surface area (Å²) in [5.74, 6) is -0.592. The lowest BCUT2D eigenvalue weighted by molar-refractivity contribution is 0.593. The van der Waals surface area contributed by atoms with E-state index >= 15 is 0 Å². The van der Waals surface area contributed by atoms with Gasteiger partial charge in [-0.1, -0.05) is 29.3 Å². The van der Waals surface area contributed by atoms with Gasteiger partial charge in [0.2, 0.25) is 19.9 Å². The third-order valence-electron chi connectivity index (χ3n) is 4.89. The van der Waals surface area contributed by atoms with Crippen LogP contribution < -0.4 is 5.14 Å². The summed E-state index contributed by atoms with van der Waals surface area (Å²) in [6.07, 6.45) is 0.619. The van der Waals surface area contributed by atoms with Crippen molar-refractivity contribution in [1.29, 1.82) is 0 Å². The number of hydrogen-bond acceptors (Lipinski definition) is 4. The molecule has 0 unspecified atom stereocenters. The molecule has 0 aromatic heterocycles. The van der Waals surface area contributed by atoms with Gasteiger partial charge in [-0.05, 0) is 85.0 Å². The molecule has 10 heteroatoms. The number of nitrogens with two attached hydrogens (primary N) is 1. The highest BCUT2D eigenvalue weighted by atomic mass is 35.5. The molecular formula is C21H18Cl2FNO4S2. The minimum atomic E-state index is -4.20. The van der Waals surface area contributed by atoms with Gasteiger partial charge in [0.25, 0.3) is 0 Å². The average molecular weight is 502 g/mol. The van der Waals surface area contributed by atoms with Crippen LogP contribution in [0.3, 0.4) is 0 Å². The summed E-state index contributed by atoms with van der Waals surface area (Å²) in [7, 11) is -8.32. The maximum Gasteiger partial charge on any atom is 0.238 e. The minimum absolute atomic E-state index is 0.168. The SMILES string of the molecule is Cc1c(CCc2c(Cl)cccc2Cl)cc(S(=O)(=O)c2ccc(F)cc2)cc1S(N)(=O)=O. The second-order valence-electron chi connectivity index (χ2n) is 6.91. The molecule has 0 spiro atoms. The van der Waals surface area contributed by atoms with Gasteiger partial charge in [0, 0.05) is 10.0 Å². The van der Waals surface area contributed by atoms with E-state index in [1.165, 1.54) is 6.07 Å². The summed E-state index contributed by atoms with van der Waals surface area (Å²) in [4.78, 5) is -0.719. The van der Waals surface area contributed by atoms with Gasteiger partial charge in [0.15, 0.2) is 0 Å². The van der Waals surface area contributed by atoms with E-state index < -0.39 is 25.7 Å². The van der Waals surface area contributed by atoms with Crippen LogP contribution in [0.25, 0.3) is 0 Å². The normalized spacial score (nSPS) is 12.2. The summed E-state index contributed by atoms with van der Waals surface area (Å²) in [5.41, 5.74) is 1.46. The van der Waals surface area contributed by atoms with Gasteiger partial charge in [0.1, 0.15) is 5.82 Å². The number of sulfone groups is 1. The fraction of sp³-hybridized carbons (Fsp3) is 0.143. The predicted molar refractivity (Wildman–Crippen MR) is 118 cm³/mol. The first-order chi connectivity index (χ1) is 14.4. The molecular weight excluding hydrogens is 484 g/mol. The van der Waals surface area contributed by atoms with Crippen LogP contribution in [-0.4, -0.2) is 16.8 Å². The molecule has 0 aliphatic carbocycles. The topological polar surface area (TPSA) is 94.3 Å². The zero-order valence-electron chi connectivity index (χ0n) is 16.3. The summed E-state index contributed by atoms with van der Waals surface area (Å²) in [6, 6.07) is 11.7. The summed E-state index contributed by atoms with van der Waals surface area (Å²) < 4.78 is 63.6. The van der Waals surface area contributed by atoms with Gasteiger partial charge < -0.3 is 0 Å². The lowest BCUT2D eigenvalue weighted by Gasteiger charge is -2.15. The van der Waals surface area contributed by atoms with Crippen molar-refractivity contribution in [2.75, 3.05) is 0 Å². The first-order valence-corrected chi connectivity index (χ1v) is 12.8. The maximum atomic E-state index is 13.2. The number of sulfonamides is 1. The molecule has 0 saturated carbocycles. The van der Waals surface area contributed by atoms with E-state index in [1.807, 2.05) is 0 Å². The zero-order valence-corrected chi connectivity index (χ0v) is 19.4. The Labute approximate surface area is 190 Å². The van der Waals surface area contributed by atoms with Crippen molar-refractivity contribution in [3.63, 3.8) is 0 Å². The van der Waals surface area contributed by atoms with Crippen LogP contribution in [-0.2, 0) is 32.7 Å².